The Bertz CT molecular complexity index is 3450. The highest BCUT2D eigenvalue weighted by Crippen LogP contribution is 2.43. The van der Waals surface area contributed by atoms with E-state index in [0.717, 1.165) is 0 Å². The fourth-order valence-corrected chi connectivity index (χ4v) is 7.88. The van der Waals surface area contributed by atoms with E-state index in [0.29, 0.717) is 0 Å². The van der Waals surface area contributed by atoms with Gasteiger partial charge in [0, 0.05) is 0 Å². The van der Waals surface area contributed by atoms with Gasteiger partial charge in [-0.3, -0.25) is 0 Å². The van der Waals surface area contributed by atoms with Crippen molar-refractivity contribution in [2.45, 2.75) is 17.4 Å². The Balaban J connectivity index is 0.000000362. The third kappa shape index (κ3) is 9.49. The average molecular weight is 1180 g/mol. The summed E-state index contributed by atoms with van der Waals surface area (Å²) < 4.78 is 410. The third-order valence-corrected chi connectivity index (χ3v) is 11.1. The summed E-state index contributed by atoms with van der Waals surface area (Å²) in [6.45, 7) is 0. The molecule has 0 aliphatic carbocycles. The molecule has 408 valence electrons. The number of hydrogen-bond acceptors (Lipinski definition) is 4. The molecule has 8 aromatic rings. The van der Waals surface area contributed by atoms with Crippen LogP contribution in [0.3, 0.4) is 0 Å². The summed E-state index contributed by atoms with van der Waals surface area (Å²) in [7, 11) is 0. The second-order valence-electron chi connectivity index (χ2n) is 15.5. The lowest BCUT2D eigenvalue weighted by Gasteiger charge is -2.21. The summed E-state index contributed by atoms with van der Waals surface area (Å²) in [5.74, 6) is -80.1. The van der Waals surface area contributed by atoms with Crippen molar-refractivity contribution >= 4 is 72.4 Å². The van der Waals surface area contributed by atoms with Crippen molar-refractivity contribution in [1.82, 2.24) is 0 Å². The summed E-state index contributed by atoms with van der Waals surface area (Å²) in [5, 5.41) is -9.01. The second kappa shape index (κ2) is 21.5. The fourth-order valence-electron chi connectivity index (χ4n) is 6.53. The van der Waals surface area contributed by atoms with E-state index in [1.54, 1.807) is 0 Å². The van der Waals surface area contributed by atoms with E-state index in [-0.39, 0.29) is 14.1 Å². The molecular weight excluding hydrogens is 1170 g/mol. The first-order chi connectivity index (χ1) is 35.6. The number of aromatic hydroxyl groups is 1. The number of rotatable bonds is 6. The Morgan fingerprint density at radius 2 is 0.351 bits per heavy atom. The molecule has 0 spiro atoms. The molecule has 8 aromatic carbocycles. The summed E-state index contributed by atoms with van der Waals surface area (Å²) in [6, 6.07) is 0. The molecule has 1 N–H and O–H groups in total. The first-order valence-corrected chi connectivity index (χ1v) is 24.4. The smallest absolute Gasteiger partial charge is 0.573 e. The molecule has 0 heterocycles. The molecular formula is C43H10Al2F28O4. The highest BCUT2D eigenvalue weighted by Gasteiger charge is 2.51. The Morgan fingerprint density at radius 3 is 0.545 bits per heavy atom. The number of phenolic OH excluding ortho intramolecular Hbond substituents is 1. The number of halogens is 28. The van der Waals surface area contributed by atoms with E-state index in [4.69, 9.17) is 5.11 Å². The minimum absolute atomic E-state index is 0.139. The van der Waals surface area contributed by atoms with Crippen molar-refractivity contribution in [3.05, 3.63) is 163 Å². The minimum Gasteiger partial charge on any atom is -0.573 e. The van der Waals surface area contributed by atoms with E-state index in [2.05, 4.69) is 28.7 Å². The van der Waals surface area contributed by atoms with Crippen LogP contribution >= 0.6 is 0 Å². The van der Waals surface area contributed by atoms with Crippen LogP contribution in [-0.2, 0) is 0 Å². The van der Waals surface area contributed by atoms with Crippen LogP contribution in [0.2, 0.25) is 17.4 Å². The highest BCUT2D eigenvalue weighted by molar-refractivity contribution is 6.54. The molecule has 0 aliphatic heterocycles. The van der Waals surface area contributed by atoms with Crippen LogP contribution in [0.15, 0.2) is 0 Å². The first-order valence-electron chi connectivity index (χ1n) is 19.6. The van der Waals surface area contributed by atoms with Gasteiger partial charge in [0.25, 0.3) is 14.1 Å². The van der Waals surface area contributed by atoms with Crippen molar-refractivity contribution in [3.63, 3.8) is 0 Å². The lowest BCUT2D eigenvalue weighted by Crippen LogP contribution is -2.39. The molecule has 4 nitrogen and oxygen atoms in total. The summed E-state index contributed by atoms with van der Waals surface area (Å²) in [4.78, 5) is 0. The standard InChI is InChI=1S/4C10HF7O.3CH3.2Al/c4*11-3-1-2(4(12)8(16)7(3)15)6(14)10(18)9(17)5(1)13;;;;;/h4*18H;3*1H3;;/q;;;;;;;;+3/p-3. The zero-order valence-electron chi connectivity index (χ0n) is 36.4. The largest absolute Gasteiger partial charge is 1.20 e. The van der Waals surface area contributed by atoms with Gasteiger partial charge in [0.15, 0.2) is 163 Å². The molecule has 0 saturated heterocycles. The van der Waals surface area contributed by atoms with Crippen LogP contribution in [0, 0.1) is 163 Å². The van der Waals surface area contributed by atoms with Crippen LogP contribution in [0.25, 0.3) is 43.1 Å². The molecule has 0 unspecified atom stereocenters. The third-order valence-electron chi connectivity index (χ3n) is 9.85. The maximum atomic E-state index is 15.5. The van der Waals surface area contributed by atoms with Crippen molar-refractivity contribution in [3.8, 4) is 23.0 Å². The predicted molar refractivity (Wildman–Crippen MR) is 207 cm³/mol. The molecule has 0 atom stereocenters. The van der Waals surface area contributed by atoms with Gasteiger partial charge in [0.2, 0.25) is 23.3 Å². The highest BCUT2D eigenvalue weighted by atomic mass is 27.3. The van der Waals surface area contributed by atoms with Gasteiger partial charge in [-0.05, 0) is 0 Å². The zero-order chi connectivity index (χ0) is 58.4. The maximum Gasteiger partial charge on any atom is 1.20 e. The quantitative estimate of drug-likeness (QED) is 0.0780. The molecule has 0 fully saturated rings. The number of hydrogen-bond donors (Lipinski definition) is 1. The monoisotopic (exact) mass is 1180 g/mol. The van der Waals surface area contributed by atoms with Gasteiger partial charge in [-0.1, -0.05) is 0 Å². The summed E-state index contributed by atoms with van der Waals surface area (Å²) >= 11 is -6.27. The molecule has 0 aliphatic rings. The summed E-state index contributed by atoms with van der Waals surface area (Å²) in [6.07, 6.45) is 0. The predicted octanol–water partition coefficient (Wildman–Crippen LogP) is 15.5. The van der Waals surface area contributed by atoms with Crippen LogP contribution in [-0.4, -0.2) is 34.4 Å². The molecule has 0 radical (unpaired) electrons. The Hall–Kier alpha value is -6.90. The number of phenols is 1. The number of fused-ring (bicyclic) bond motifs is 4. The molecule has 77 heavy (non-hydrogen) atoms. The topological polar surface area (TPSA) is 47.9 Å². The van der Waals surface area contributed by atoms with E-state index >= 15 is 26.3 Å². The molecule has 0 amide bonds. The van der Waals surface area contributed by atoms with Crippen molar-refractivity contribution < 1.29 is 139 Å². The van der Waals surface area contributed by atoms with Gasteiger partial charge in [0.05, 0.1) is 43.1 Å². The van der Waals surface area contributed by atoms with Gasteiger partial charge < -0.3 is 16.5 Å². The Kier molecular flexibility index (Phi) is 16.6. The first kappa shape index (κ1) is 59.4. The van der Waals surface area contributed by atoms with E-state index < -0.39 is 244 Å². The minimum atomic E-state index is -6.13. The molecule has 0 bridgehead atoms. The Morgan fingerprint density at radius 1 is 0.208 bits per heavy atom. The van der Waals surface area contributed by atoms with Crippen LogP contribution < -0.4 is 11.4 Å². The fraction of sp³-hybridized carbons (Fsp3) is 0.0698. The van der Waals surface area contributed by atoms with Gasteiger partial charge in [-0.15, -0.1) is 17.4 Å². The van der Waals surface area contributed by atoms with E-state index in [9.17, 15) is 96.6 Å². The molecule has 8 rings (SSSR count). The number of benzene rings is 8. The lowest BCUT2D eigenvalue weighted by molar-refractivity contribution is 0.264. The van der Waals surface area contributed by atoms with Crippen molar-refractivity contribution in [2.24, 2.45) is 0 Å². The van der Waals surface area contributed by atoms with Crippen LogP contribution in [0.4, 0.5) is 123 Å². The van der Waals surface area contributed by atoms with Crippen molar-refractivity contribution in [2.75, 3.05) is 0 Å². The van der Waals surface area contributed by atoms with E-state index in [1.165, 1.54) is 0 Å². The van der Waals surface area contributed by atoms with Gasteiger partial charge in [0.1, 0.15) is 0 Å². The maximum absolute atomic E-state index is 15.5. The lowest BCUT2D eigenvalue weighted by atomic mass is 10.1. The van der Waals surface area contributed by atoms with Gasteiger partial charge in [-0.2, -0.15) is 17.6 Å². The van der Waals surface area contributed by atoms with Gasteiger partial charge >= 0.3 is 15.1 Å². The molecule has 0 saturated carbocycles. The SMILES string of the molecule is Fc1c(F)c(F)c2c(F)c([O][Al]([O]c3c(F)c(F)c4c(F)c(F)c(F)c(F)c4c3F)[O]c3c(F)c(F)c4c(F)c(F)c(F)c(F)c4c3F)c(F)c(F)c2c1F.Oc1c(F)c(F)c2c(F)c(F)c(F)c(F)c2c1F.[CH3][Al]([CH3])[CH3]. The average Bonchev–Trinajstić information content (AvgIpc) is 3.38. The summed E-state index contributed by atoms with van der Waals surface area (Å²) in [5.41, 5.74) is 0. The normalized spacial score (nSPS) is 11.4. The van der Waals surface area contributed by atoms with Crippen LogP contribution in [0.5, 0.6) is 23.0 Å². The zero-order valence-corrected chi connectivity index (χ0v) is 38.7. The van der Waals surface area contributed by atoms with E-state index in [1.807, 2.05) is 0 Å². The second-order valence-corrected chi connectivity index (χ2v) is 20.3. The van der Waals surface area contributed by atoms with Gasteiger partial charge in [-0.25, -0.2) is 105 Å². The van der Waals surface area contributed by atoms with Crippen LogP contribution in [0.1, 0.15) is 0 Å². The molecule has 34 heteroatoms. The Labute approximate surface area is 414 Å². The van der Waals surface area contributed by atoms with Crippen molar-refractivity contribution in [1.29, 1.82) is 0 Å². The molecule has 0 aromatic heterocycles.